The minimum Gasteiger partial charge on any atom is -0.386 e. The number of hydrogen-bond acceptors (Lipinski definition) is 5. The van der Waals surface area contributed by atoms with E-state index in [0.29, 0.717) is 42.7 Å². The van der Waals surface area contributed by atoms with Crippen LogP contribution in [-0.4, -0.2) is 33.8 Å². The van der Waals surface area contributed by atoms with Crippen molar-refractivity contribution in [2.75, 3.05) is 19.0 Å². The Morgan fingerprint density at radius 1 is 1.43 bits per heavy atom. The number of nitrogens with zero attached hydrogens (tertiary/aromatic N) is 1. The molecule has 1 unspecified atom stereocenters. The van der Waals surface area contributed by atoms with Gasteiger partial charge < -0.3 is 10.5 Å². The Hall–Kier alpha value is 0.0500. The van der Waals surface area contributed by atoms with Crippen molar-refractivity contribution in [1.82, 2.24) is 0 Å². The summed E-state index contributed by atoms with van der Waals surface area (Å²) in [6.45, 7) is 7.13. The molecule has 23 heavy (non-hydrogen) atoms. The molecule has 0 aromatic carbocycles. The van der Waals surface area contributed by atoms with Gasteiger partial charge in [-0.25, -0.2) is 0 Å². The zero-order valence-corrected chi connectivity index (χ0v) is 17.5. The van der Waals surface area contributed by atoms with Gasteiger partial charge in [0.2, 0.25) is 0 Å². The lowest BCUT2D eigenvalue weighted by Gasteiger charge is -2.42. The van der Waals surface area contributed by atoms with Crippen LogP contribution in [0.25, 0.3) is 0 Å². The fraction of sp³-hybridized carbons (Fsp3) is 0.667. The smallest absolute Gasteiger partial charge is 0.114 e. The molecule has 4 nitrogen and oxygen atoms in total. The van der Waals surface area contributed by atoms with E-state index in [9.17, 15) is 4.21 Å². The summed E-state index contributed by atoms with van der Waals surface area (Å²) in [6, 6.07) is 1.85. The molecule has 1 aromatic heterocycles. The number of halogens is 2. The van der Waals surface area contributed by atoms with Gasteiger partial charge >= 0.3 is 0 Å². The topological polar surface area (TPSA) is 64.7 Å². The van der Waals surface area contributed by atoms with Crippen molar-refractivity contribution in [2.24, 2.45) is 10.7 Å². The maximum absolute atomic E-state index is 12.9. The highest BCUT2D eigenvalue weighted by atomic mass is 79.9. The van der Waals surface area contributed by atoms with Crippen LogP contribution in [0.2, 0.25) is 5.02 Å². The first-order chi connectivity index (χ1) is 10.9. The van der Waals surface area contributed by atoms with E-state index in [-0.39, 0.29) is 0 Å². The molecule has 3 heterocycles. The zero-order chi connectivity index (χ0) is 17.3. The SMILES string of the molecule is CC.C[C@@]1(c2sc(Br)cc2Cl)CS(=O)C2(CCOCC2)C(N)=N1. The summed E-state index contributed by atoms with van der Waals surface area (Å²) in [7, 11) is -1.09. The summed E-state index contributed by atoms with van der Waals surface area (Å²) in [6.07, 6.45) is 1.35. The van der Waals surface area contributed by atoms with Crippen molar-refractivity contribution >= 4 is 55.5 Å². The number of rotatable bonds is 1. The van der Waals surface area contributed by atoms with Crippen molar-refractivity contribution in [3.8, 4) is 0 Å². The van der Waals surface area contributed by atoms with Gasteiger partial charge in [-0.15, -0.1) is 11.3 Å². The van der Waals surface area contributed by atoms with Crippen LogP contribution in [0.1, 0.15) is 38.5 Å². The van der Waals surface area contributed by atoms with E-state index in [2.05, 4.69) is 15.9 Å². The van der Waals surface area contributed by atoms with Gasteiger partial charge in [0.15, 0.2) is 0 Å². The summed E-state index contributed by atoms with van der Waals surface area (Å²) in [5.41, 5.74) is 5.64. The fourth-order valence-electron chi connectivity index (χ4n) is 2.92. The van der Waals surface area contributed by atoms with Gasteiger partial charge in [-0.3, -0.25) is 9.20 Å². The van der Waals surface area contributed by atoms with E-state index < -0.39 is 21.1 Å². The molecule has 8 heteroatoms. The van der Waals surface area contributed by atoms with Crippen LogP contribution in [0.4, 0.5) is 0 Å². The fourth-order valence-corrected chi connectivity index (χ4v) is 7.11. The van der Waals surface area contributed by atoms with Crippen molar-refractivity contribution in [1.29, 1.82) is 0 Å². The van der Waals surface area contributed by atoms with Gasteiger partial charge in [0.1, 0.15) is 16.1 Å². The van der Waals surface area contributed by atoms with Crippen molar-refractivity contribution in [3.63, 3.8) is 0 Å². The summed E-state index contributed by atoms with van der Waals surface area (Å²) in [5, 5.41) is 0.644. The van der Waals surface area contributed by atoms with E-state index in [1.807, 2.05) is 26.8 Å². The molecule has 0 saturated carbocycles. The molecular formula is C15H22BrClN2O2S2. The van der Waals surface area contributed by atoms with Crippen LogP contribution in [0, 0.1) is 0 Å². The van der Waals surface area contributed by atoms with Gasteiger partial charge in [0.25, 0.3) is 0 Å². The molecule has 2 aliphatic heterocycles. The molecule has 0 radical (unpaired) electrons. The van der Waals surface area contributed by atoms with E-state index in [0.717, 1.165) is 8.66 Å². The van der Waals surface area contributed by atoms with Crippen LogP contribution in [0.3, 0.4) is 0 Å². The maximum atomic E-state index is 12.9. The Bertz CT molecular complexity index is 629. The van der Waals surface area contributed by atoms with E-state index >= 15 is 0 Å². The molecule has 1 saturated heterocycles. The van der Waals surface area contributed by atoms with Crippen LogP contribution >= 0.6 is 38.9 Å². The third kappa shape index (κ3) is 3.54. The molecule has 2 atom stereocenters. The van der Waals surface area contributed by atoms with Crippen molar-refractivity contribution in [2.45, 2.75) is 43.9 Å². The molecule has 1 aromatic rings. The van der Waals surface area contributed by atoms with E-state index in [4.69, 9.17) is 27.1 Å². The number of hydrogen-bond donors (Lipinski definition) is 1. The third-order valence-corrected chi connectivity index (χ3v) is 8.74. The van der Waals surface area contributed by atoms with Crippen LogP contribution in [0.15, 0.2) is 14.8 Å². The Labute approximate surface area is 157 Å². The van der Waals surface area contributed by atoms with Crippen molar-refractivity contribution in [3.05, 3.63) is 19.8 Å². The Morgan fingerprint density at radius 2 is 2.04 bits per heavy atom. The summed E-state index contributed by atoms with van der Waals surface area (Å²) in [5.74, 6) is 0.930. The lowest BCUT2D eigenvalue weighted by Crippen LogP contribution is -2.57. The molecule has 0 bridgehead atoms. The second-order valence-electron chi connectivity index (χ2n) is 5.59. The van der Waals surface area contributed by atoms with Gasteiger partial charge in [-0.2, -0.15) is 0 Å². The lowest BCUT2D eigenvalue weighted by atomic mass is 9.95. The number of aliphatic imine (C=N–C) groups is 1. The van der Waals surface area contributed by atoms with Gasteiger partial charge in [0, 0.05) is 24.0 Å². The molecular weight excluding hydrogens is 420 g/mol. The standard InChI is InChI=1S/C13H16BrClN2O2S2.C2H6/c1-12(10-8(15)6-9(14)20-10)7-21(18)13(11(16)17-12)2-4-19-5-3-13;1-2/h6H,2-5,7H2,1H3,(H2,16,17);1-2H3/t12-,21?;/m0./s1. The number of nitrogens with two attached hydrogens (primary N) is 1. The molecule has 0 aliphatic carbocycles. The first-order valence-corrected chi connectivity index (χ1v) is 11.0. The van der Waals surface area contributed by atoms with Crippen LogP contribution < -0.4 is 5.73 Å². The Balaban J connectivity index is 0.000000924. The minimum atomic E-state index is -1.09. The normalized spacial score (nSPS) is 29.6. The first kappa shape index (κ1) is 19.4. The zero-order valence-electron chi connectivity index (χ0n) is 13.5. The molecule has 2 N–H and O–H groups in total. The van der Waals surface area contributed by atoms with Crippen LogP contribution in [0.5, 0.6) is 0 Å². The number of amidine groups is 1. The Kier molecular flexibility index (Phi) is 6.33. The average Bonchev–Trinajstić information content (AvgIpc) is 2.88. The first-order valence-electron chi connectivity index (χ1n) is 7.65. The Morgan fingerprint density at radius 3 is 2.52 bits per heavy atom. The largest absolute Gasteiger partial charge is 0.386 e. The predicted octanol–water partition coefficient (Wildman–Crippen LogP) is 4.07. The molecule has 2 aliphatic rings. The highest BCUT2D eigenvalue weighted by Crippen LogP contribution is 2.45. The highest BCUT2D eigenvalue weighted by molar-refractivity contribution is 9.11. The summed E-state index contributed by atoms with van der Waals surface area (Å²) < 4.78 is 18.7. The maximum Gasteiger partial charge on any atom is 0.114 e. The van der Waals surface area contributed by atoms with Crippen molar-refractivity contribution < 1.29 is 8.95 Å². The quantitative estimate of drug-likeness (QED) is 0.714. The summed E-state index contributed by atoms with van der Waals surface area (Å²) in [4.78, 5) is 5.65. The monoisotopic (exact) mass is 440 g/mol. The summed E-state index contributed by atoms with van der Waals surface area (Å²) >= 11 is 11.3. The number of thiophene rings is 1. The molecule has 1 fully saturated rings. The average molecular weight is 442 g/mol. The molecule has 3 rings (SSSR count). The molecule has 0 amide bonds. The van der Waals surface area contributed by atoms with Gasteiger partial charge in [0.05, 0.1) is 19.4 Å². The molecule has 1 spiro atoms. The minimum absolute atomic E-state index is 0.445. The lowest BCUT2D eigenvalue weighted by molar-refractivity contribution is 0.0887. The highest BCUT2D eigenvalue weighted by Gasteiger charge is 2.50. The van der Waals surface area contributed by atoms with Gasteiger partial charge in [-0.1, -0.05) is 25.4 Å². The predicted molar refractivity (Wildman–Crippen MR) is 103 cm³/mol. The third-order valence-electron chi connectivity index (χ3n) is 4.13. The van der Waals surface area contributed by atoms with E-state index in [1.165, 1.54) is 11.3 Å². The van der Waals surface area contributed by atoms with Gasteiger partial charge in [-0.05, 0) is 41.8 Å². The molecule has 130 valence electrons. The van der Waals surface area contributed by atoms with Crippen LogP contribution in [-0.2, 0) is 21.1 Å². The second-order valence-corrected chi connectivity index (χ2v) is 10.2. The van der Waals surface area contributed by atoms with E-state index in [1.54, 1.807) is 0 Å². The number of ether oxygens (including phenoxy) is 1. The second kappa shape index (κ2) is 7.52.